The monoisotopic (exact) mass is 365 g/mol. The number of carbonyl (C=O) groups excluding carboxylic acids is 3. The van der Waals surface area contributed by atoms with Gasteiger partial charge in [0.1, 0.15) is 0 Å². The van der Waals surface area contributed by atoms with E-state index in [0.29, 0.717) is 10.6 Å². The minimum atomic E-state index is -0.535. The Kier molecular flexibility index (Phi) is 7.44. The first-order chi connectivity index (χ1) is 12.0. The van der Waals surface area contributed by atoms with Gasteiger partial charge in [0.25, 0.3) is 5.91 Å². The van der Waals surface area contributed by atoms with Gasteiger partial charge >= 0.3 is 5.97 Å². The molecule has 1 aliphatic rings. The van der Waals surface area contributed by atoms with Gasteiger partial charge < -0.3 is 9.64 Å². The number of rotatable bonds is 7. The van der Waals surface area contributed by atoms with Crippen LogP contribution in [0.3, 0.4) is 0 Å². The zero-order valence-electron chi connectivity index (χ0n) is 14.5. The fourth-order valence-corrected chi connectivity index (χ4v) is 3.11. The average molecular weight is 366 g/mol. The Morgan fingerprint density at radius 3 is 2.36 bits per heavy atom. The van der Waals surface area contributed by atoms with Gasteiger partial charge in [-0.3, -0.25) is 14.4 Å². The minimum Gasteiger partial charge on any atom is -0.456 e. The van der Waals surface area contributed by atoms with Gasteiger partial charge in [-0.1, -0.05) is 30.9 Å². The predicted molar refractivity (Wildman–Crippen MR) is 95.6 cm³/mol. The third kappa shape index (κ3) is 6.16. The number of hydrogen-bond acceptors (Lipinski definition) is 4. The van der Waals surface area contributed by atoms with E-state index < -0.39 is 5.97 Å². The Balaban J connectivity index is 1.70. The van der Waals surface area contributed by atoms with E-state index in [0.717, 1.165) is 25.7 Å². The molecule has 1 aromatic carbocycles. The van der Waals surface area contributed by atoms with Gasteiger partial charge in [-0.15, -0.1) is 0 Å². The first-order valence-corrected chi connectivity index (χ1v) is 9.05. The highest BCUT2D eigenvalue weighted by Crippen LogP contribution is 2.21. The maximum atomic E-state index is 12.1. The predicted octanol–water partition coefficient (Wildman–Crippen LogP) is 3.64. The molecule has 1 aliphatic carbocycles. The Bertz CT molecular complexity index is 608. The number of ketones is 1. The maximum Gasteiger partial charge on any atom is 0.306 e. The summed E-state index contributed by atoms with van der Waals surface area (Å²) in [5, 5.41) is 0.552. The second-order valence-corrected chi connectivity index (χ2v) is 6.82. The van der Waals surface area contributed by atoms with Crippen LogP contribution in [0.15, 0.2) is 24.3 Å². The van der Waals surface area contributed by atoms with E-state index in [1.807, 2.05) is 0 Å². The average Bonchev–Trinajstić information content (AvgIpc) is 2.64. The van der Waals surface area contributed by atoms with E-state index in [1.165, 1.54) is 6.42 Å². The highest BCUT2D eigenvalue weighted by molar-refractivity contribution is 6.30. The van der Waals surface area contributed by atoms with Gasteiger partial charge in [0.05, 0.1) is 6.42 Å². The van der Waals surface area contributed by atoms with Crippen molar-refractivity contribution in [1.82, 2.24) is 4.90 Å². The number of ether oxygens (including phenoxy) is 1. The van der Waals surface area contributed by atoms with E-state index >= 15 is 0 Å². The zero-order chi connectivity index (χ0) is 18.2. The fourth-order valence-electron chi connectivity index (χ4n) is 2.98. The largest absolute Gasteiger partial charge is 0.456 e. The highest BCUT2D eigenvalue weighted by atomic mass is 35.5. The lowest BCUT2D eigenvalue weighted by atomic mass is 9.94. The van der Waals surface area contributed by atoms with Crippen LogP contribution >= 0.6 is 11.6 Å². The molecule has 0 aliphatic heterocycles. The molecule has 1 amide bonds. The first-order valence-electron chi connectivity index (χ1n) is 8.67. The highest BCUT2D eigenvalue weighted by Gasteiger charge is 2.22. The SMILES string of the molecule is CN(C(=O)COC(=O)CCC(=O)c1ccc(Cl)cc1)C1CCCCC1. The Morgan fingerprint density at radius 1 is 1.08 bits per heavy atom. The van der Waals surface area contributed by atoms with Crippen molar-refractivity contribution >= 4 is 29.3 Å². The molecule has 0 N–H and O–H groups in total. The molecule has 0 radical (unpaired) electrons. The summed E-state index contributed by atoms with van der Waals surface area (Å²) in [5.74, 6) is -0.878. The second kappa shape index (κ2) is 9.56. The molecular weight excluding hydrogens is 342 g/mol. The fraction of sp³-hybridized carbons (Fsp3) is 0.526. The Hall–Kier alpha value is -1.88. The van der Waals surface area contributed by atoms with Crippen molar-refractivity contribution in [3.63, 3.8) is 0 Å². The molecule has 0 aromatic heterocycles. The van der Waals surface area contributed by atoms with Crippen molar-refractivity contribution in [1.29, 1.82) is 0 Å². The molecule has 1 saturated carbocycles. The lowest BCUT2D eigenvalue weighted by Gasteiger charge is -2.31. The number of benzene rings is 1. The van der Waals surface area contributed by atoms with Crippen molar-refractivity contribution in [2.75, 3.05) is 13.7 Å². The van der Waals surface area contributed by atoms with Crippen LogP contribution in [-0.2, 0) is 14.3 Å². The van der Waals surface area contributed by atoms with Gasteiger partial charge in [0.2, 0.25) is 0 Å². The normalized spacial score (nSPS) is 14.8. The third-order valence-electron chi connectivity index (χ3n) is 4.59. The van der Waals surface area contributed by atoms with Crippen LogP contribution in [0.25, 0.3) is 0 Å². The molecule has 1 fully saturated rings. The van der Waals surface area contributed by atoms with Crippen molar-refractivity contribution in [3.05, 3.63) is 34.9 Å². The summed E-state index contributed by atoms with van der Waals surface area (Å²) in [7, 11) is 1.76. The van der Waals surface area contributed by atoms with Gasteiger partial charge in [-0.2, -0.15) is 0 Å². The van der Waals surface area contributed by atoms with E-state index in [9.17, 15) is 14.4 Å². The molecule has 0 heterocycles. The molecule has 0 saturated heterocycles. The number of Topliss-reactive ketones (excluding diaryl/α,β-unsaturated/α-hetero) is 1. The van der Waals surface area contributed by atoms with Gasteiger partial charge in [-0.25, -0.2) is 0 Å². The summed E-state index contributed by atoms with van der Waals surface area (Å²) in [6.07, 6.45) is 5.51. The van der Waals surface area contributed by atoms with Gasteiger partial charge in [0.15, 0.2) is 12.4 Å². The quantitative estimate of drug-likeness (QED) is 0.546. The van der Waals surface area contributed by atoms with E-state index in [4.69, 9.17) is 16.3 Å². The van der Waals surface area contributed by atoms with E-state index in [2.05, 4.69) is 0 Å². The van der Waals surface area contributed by atoms with Crippen LogP contribution in [0.5, 0.6) is 0 Å². The molecule has 6 heteroatoms. The second-order valence-electron chi connectivity index (χ2n) is 6.39. The van der Waals surface area contributed by atoms with Gasteiger partial charge in [0, 0.05) is 30.1 Å². The lowest BCUT2D eigenvalue weighted by Crippen LogP contribution is -2.40. The topological polar surface area (TPSA) is 63.7 Å². The Morgan fingerprint density at radius 2 is 1.72 bits per heavy atom. The summed E-state index contributed by atoms with van der Waals surface area (Å²) >= 11 is 5.77. The molecule has 0 atom stereocenters. The van der Waals surface area contributed by atoms with Crippen molar-refractivity contribution < 1.29 is 19.1 Å². The number of carbonyl (C=O) groups is 3. The molecule has 136 valence electrons. The molecule has 5 nitrogen and oxygen atoms in total. The number of amides is 1. The number of hydrogen-bond donors (Lipinski definition) is 0. The van der Waals surface area contributed by atoms with Crippen LogP contribution in [-0.4, -0.2) is 42.3 Å². The third-order valence-corrected chi connectivity index (χ3v) is 4.85. The lowest BCUT2D eigenvalue weighted by molar-refractivity contribution is -0.152. The standard InChI is InChI=1S/C19H24ClNO4/c1-21(16-5-3-2-4-6-16)18(23)13-25-19(24)12-11-17(22)14-7-9-15(20)10-8-14/h7-10,16H,2-6,11-13H2,1H3. The van der Waals surface area contributed by atoms with E-state index in [-0.39, 0.29) is 37.2 Å². The van der Waals surface area contributed by atoms with Crippen LogP contribution in [0.4, 0.5) is 0 Å². The summed E-state index contributed by atoms with van der Waals surface area (Å²) in [5.41, 5.74) is 0.505. The van der Waals surface area contributed by atoms with E-state index in [1.54, 1.807) is 36.2 Å². The van der Waals surface area contributed by atoms with Crippen LogP contribution in [0, 0.1) is 0 Å². The molecule has 0 unspecified atom stereocenters. The number of halogens is 1. The Labute approximate surface area is 153 Å². The number of likely N-dealkylation sites (N-methyl/N-ethyl adjacent to an activating group) is 1. The molecular formula is C19H24ClNO4. The van der Waals surface area contributed by atoms with Crippen LogP contribution in [0.2, 0.25) is 5.02 Å². The summed E-state index contributed by atoms with van der Waals surface area (Å²) in [4.78, 5) is 37.6. The van der Waals surface area contributed by atoms with Crippen molar-refractivity contribution in [2.24, 2.45) is 0 Å². The molecule has 1 aromatic rings. The molecule has 0 spiro atoms. The van der Waals surface area contributed by atoms with Crippen LogP contribution < -0.4 is 0 Å². The first kappa shape index (κ1) is 19.4. The zero-order valence-corrected chi connectivity index (χ0v) is 15.3. The van der Waals surface area contributed by atoms with Gasteiger partial charge in [-0.05, 0) is 37.1 Å². The number of esters is 1. The molecule has 25 heavy (non-hydrogen) atoms. The van der Waals surface area contributed by atoms with Crippen LogP contribution in [0.1, 0.15) is 55.3 Å². The molecule has 0 bridgehead atoms. The number of nitrogens with zero attached hydrogens (tertiary/aromatic N) is 1. The smallest absolute Gasteiger partial charge is 0.306 e. The summed E-state index contributed by atoms with van der Waals surface area (Å²) in [6, 6.07) is 6.75. The summed E-state index contributed by atoms with van der Waals surface area (Å²) < 4.78 is 5.02. The molecule has 2 rings (SSSR count). The maximum absolute atomic E-state index is 12.1. The minimum absolute atomic E-state index is 0.0398. The summed E-state index contributed by atoms with van der Waals surface area (Å²) in [6.45, 7) is -0.263. The van der Waals surface area contributed by atoms with Crippen molar-refractivity contribution in [2.45, 2.75) is 51.0 Å². The van der Waals surface area contributed by atoms with Crippen molar-refractivity contribution in [3.8, 4) is 0 Å².